The first-order chi connectivity index (χ1) is 17.0. The van der Waals surface area contributed by atoms with Gasteiger partial charge in [0, 0.05) is 34.9 Å². The summed E-state index contributed by atoms with van der Waals surface area (Å²) in [5, 5.41) is 13.2. The van der Waals surface area contributed by atoms with Crippen molar-refractivity contribution in [2.75, 3.05) is 11.9 Å². The lowest BCUT2D eigenvalue weighted by Gasteiger charge is -2.06. The number of esters is 1. The standard InChI is InChI=1S/C28H22FN3O3/c1-2-35-28(34)20-9-13-24(14-10-20)31-27(33)21(16-30)15-22-18-32(26-6-4-3-5-25(22)26)17-19-7-11-23(29)12-8-19/h3-15,18H,2,17H2,1H3,(H,31,33)/b21-15+. The van der Waals surface area contributed by atoms with Crippen molar-refractivity contribution in [2.45, 2.75) is 13.5 Å². The predicted molar refractivity (Wildman–Crippen MR) is 132 cm³/mol. The van der Waals surface area contributed by atoms with Crippen molar-refractivity contribution in [3.8, 4) is 6.07 Å². The van der Waals surface area contributed by atoms with Crippen LogP contribution in [0.4, 0.5) is 10.1 Å². The molecule has 1 N–H and O–H groups in total. The minimum atomic E-state index is -0.563. The van der Waals surface area contributed by atoms with Crippen LogP contribution >= 0.6 is 0 Å². The van der Waals surface area contributed by atoms with Gasteiger partial charge in [0.15, 0.2) is 0 Å². The van der Waals surface area contributed by atoms with Gasteiger partial charge < -0.3 is 14.6 Å². The number of nitrogens with zero attached hydrogens (tertiary/aromatic N) is 2. The molecular weight excluding hydrogens is 445 g/mol. The third kappa shape index (κ3) is 5.45. The summed E-state index contributed by atoms with van der Waals surface area (Å²) < 4.78 is 20.2. The number of fused-ring (bicyclic) bond motifs is 1. The van der Waals surface area contributed by atoms with E-state index >= 15 is 0 Å². The summed E-state index contributed by atoms with van der Waals surface area (Å²) >= 11 is 0. The van der Waals surface area contributed by atoms with E-state index in [4.69, 9.17) is 4.74 Å². The van der Waals surface area contributed by atoms with Crippen molar-refractivity contribution in [1.82, 2.24) is 4.57 Å². The number of halogens is 1. The first-order valence-electron chi connectivity index (χ1n) is 11.0. The SMILES string of the molecule is CCOC(=O)c1ccc(NC(=O)/C(C#N)=C/c2cn(Cc3ccc(F)cc3)c3ccccc23)cc1. The van der Waals surface area contributed by atoms with Gasteiger partial charge in [-0.25, -0.2) is 9.18 Å². The maximum absolute atomic E-state index is 13.3. The fraction of sp³-hybridized carbons (Fsp3) is 0.107. The van der Waals surface area contributed by atoms with E-state index in [1.807, 2.05) is 41.1 Å². The van der Waals surface area contributed by atoms with Gasteiger partial charge in [0.2, 0.25) is 0 Å². The number of para-hydroxylation sites is 1. The smallest absolute Gasteiger partial charge is 0.338 e. The first kappa shape index (κ1) is 23.5. The fourth-order valence-electron chi connectivity index (χ4n) is 3.71. The topological polar surface area (TPSA) is 84.1 Å². The zero-order chi connectivity index (χ0) is 24.8. The highest BCUT2D eigenvalue weighted by Crippen LogP contribution is 2.25. The molecule has 4 aromatic rings. The van der Waals surface area contributed by atoms with E-state index in [-0.39, 0.29) is 18.0 Å². The number of aromatic nitrogens is 1. The van der Waals surface area contributed by atoms with Gasteiger partial charge in [0.1, 0.15) is 17.5 Å². The lowest BCUT2D eigenvalue weighted by atomic mass is 10.1. The molecule has 1 amide bonds. The molecule has 0 aliphatic carbocycles. The van der Waals surface area contributed by atoms with Crippen molar-refractivity contribution >= 4 is 34.5 Å². The summed E-state index contributed by atoms with van der Waals surface area (Å²) in [5.41, 5.74) is 3.32. The molecule has 0 atom stereocenters. The van der Waals surface area contributed by atoms with E-state index in [9.17, 15) is 19.2 Å². The molecule has 35 heavy (non-hydrogen) atoms. The Labute approximate surface area is 201 Å². The quantitative estimate of drug-likeness (QED) is 0.219. The Hall–Kier alpha value is -4.70. The van der Waals surface area contributed by atoms with Gasteiger partial charge in [0.05, 0.1) is 12.2 Å². The number of ether oxygens (including phenoxy) is 1. The number of anilines is 1. The summed E-state index contributed by atoms with van der Waals surface area (Å²) in [5.74, 6) is -1.30. The number of carbonyl (C=O) groups is 2. The second-order valence-electron chi connectivity index (χ2n) is 7.78. The summed E-state index contributed by atoms with van der Waals surface area (Å²) in [6, 6.07) is 22.2. The second kappa shape index (κ2) is 10.5. The molecule has 0 unspecified atom stereocenters. The molecule has 0 aliphatic heterocycles. The summed E-state index contributed by atoms with van der Waals surface area (Å²) in [6.07, 6.45) is 3.42. The van der Waals surface area contributed by atoms with Crippen molar-refractivity contribution in [3.05, 3.63) is 107 Å². The van der Waals surface area contributed by atoms with Crippen LogP contribution in [0.3, 0.4) is 0 Å². The van der Waals surface area contributed by atoms with Crippen LogP contribution in [-0.4, -0.2) is 23.1 Å². The summed E-state index contributed by atoms with van der Waals surface area (Å²) in [4.78, 5) is 24.6. The van der Waals surface area contributed by atoms with E-state index in [1.54, 1.807) is 49.4 Å². The van der Waals surface area contributed by atoms with Crippen molar-refractivity contribution in [1.29, 1.82) is 5.26 Å². The average molecular weight is 468 g/mol. The molecule has 6 nitrogen and oxygen atoms in total. The Bertz CT molecular complexity index is 1450. The molecule has 4 rings (SSSR count). The van der Waals surface area contributed by atoms with Gasteiger partial charge in [-0.15, -0.1) is 0 Å². The largest absolute Gasteiger partial charge is 0.462 e. The Morgan fingerprint density at radius 2 is 1.77 bits per heavy atom. The van der Waals surface area contributed by atoms with Gasteiger partial charge in [-0.3, -0.25) is 4.79 Å². The number of nitrogens with one attached hydrogen (secondary N) is 1. The Morgan fingerprint density at radius 3 is 2.46 bits per heavy atom. The number of carbonyl (C=O) groups excluding carboxylic acids is 2. The highest BCUT2D eigenvalue weighted by Gasteiger charge is 2.14. The zero-order valence-corrected chi connectivity index (χ0v) is 19.0. The molecule has 0 fully saturated rings. The minimum Gasteiger partial charge on any atom is -0.462 e. The third-order valence-corrected chi connectivity index (χ3v) is 5.40. The Morgan fingerprint density at radius 1 is 1.06 bits per heavy atom. The van der Waals surface area contributed by atoms with Gasteiger partial charge in [-0.1, -0.05) is 30.3 Å². The van der Waals surface area contributed by atoms with Crippen molar-refractivity contribution in [3.63, 3.8) is 0 Å². The average Bonchev–Trinajstić information content (AvgIpc) is 3.21. The monoisotopic (exact) mass is 467 g/mol. The minimum absolute atomic E-state index is 0.0656. The second-order valence-corrected chi connectivity index (χ2v) is 7.78. The predicted octanol–water partition coefficient (Wildman–Crippen LogP) is 5.55. The van der Waals surface area contributed by atoms with E-state index in [0.29, 0.717) is 23.4 Å². The van der Waals surface area contributed by atoms with Gasteiger partial charge in [-0.2, -0.15) is 5.26 Å². The Balaban J connectivity index is 1.58. The molecule has 3 aromatic carbocycles. The van der Waals surface area contributed by atoms with E-state index in [1.165, 1.54) is 12.1 Å². The van der Waals surface area contributed by atoms with Gasteiger partial charge in [0.25, 0.3) is 5.91 Å². The molecule has 0 aliphatic rings. The number of hydrogen-bond donors (Lipinski definition) is 1. The number of rotatable bonds is 7. The van der Waals surface area contributed by atoms with E-state index in [2.05, 4.69) is 5.32 Å². The molecule has 0 bridgehead atoms. The highest BCUT2D eigenvalue weighted by molar-refractivity contribution is 6.11. The van der Waals surface area contributed by atoms with E-state index < -0.39 is 11.9 Å². The molecule has 0 saturated carbocycles. The molecule has 0 spiro atoms. The maximum atomic E-state index is 13.3. The molecule has 174 valence electrons. The van der Waals surface area contributed by atoms with Crippen LogP contribution < -0.4 is 5.32 Å². The first-order valence-corrected chi connectivity index (χ1v) is 11.0. The zero-order valence-electron chi connectivity index (χ0n) is 19.0. The van der Waals surface area contributed by atoms with Crippen molar-refractivity contribution in [2.24, 2.45) is 0 Å². The van der Waals surface area contributed by atoms with Gasteiger partial charge in [-0.05, 0) is 61.0 Å². The number of hydrogen-bond acceptors (Lipinski definition) is 4. The molecule has 7 heteroatoms. The lowest BCUT2D eigenvalue weighted by molar-refractivity contribution is -0.112. The summed E-state index contributed by atoms with van der Waals surface area (Å²) in [6.45, 7) is 2.51. The van der Waals surface area contributed by atoms with Gasteiger partial charge >= 0.3 is 5.97 Å². The Kier molecular flexibility index (Phi) is 7.03. The molecule has 0 saturated heterocycles. The van der Waals surface area contributed by atoms with Crippen LogP contribution in [0, 0.1) is 17.1 Å². The fourth-order valence-corrected chi connectivity index (χ4v) is 3.71. The normalized spacial score (nSPS) is 11.2. The highest BCUT2D eigenvalue weighted by atomic mass is 19.1. The van der Waals surface area contributed by atoms with Crippen LogP contribution in [0.25, 0.3) is 17.0 Å². The summed E-state index contributed by atoms with van der Waals surface area (Å²) in [7, 11) is 0. The molecule has 1 heterocycles. The number of amides is 1. The molecule has 1 aromatic heterocycles. The molecular formula is C28H22FN3O3. The van der Waals surface area contributed by atoms with Crippen LogP contribution in [-0.2, 0) is 16.1 Å². The van der Waals surface area contributed by atoms with E-state index in [0.717, 1.165) is 16.5 Å². The van der Waals surface area contributed by atoms with Crippen LogP contribution in [0.2, 0.25) is 0 Å². The third-order valence-electron chi connectivity index (χ3n) is 5.40. The molecule has 0 radical (unpaired) electrons. The maximum Gasteiger partial charge on any atom is 0.338 e. The number of benzene rings is 3. The van der Waals surface area contributed by atoms with Crippen LogP contribution in [0.1, 0.15) is 28.4 Å². The lowest BCUT2D eigenvalue weighted by Crippen LogP contribution is -2.13. The van der Waals surface area contributed by atoms with Crippen molar-refractivity contribution < 1.29 is 18.7 Å². The van der Waals surface area contributed by atoms with Crippen LogP contribution in [0.5, 0.6) is 0 Å². The number of nitriles is 1. The van der Waals surface area contributed by atoms with Crippen LogP contribution in [0.15, 0.2) is 84.6 Å².